The highest BCUT2D eigenvalue weighted by Gasteiger charge is 2.06. The molecule has 3 aromatic rings. The molecule has 0 fully saturated rings. The molecule has 1 aromatic heterocycles. The van der Waals surface area contributed by atoms with E-state index in [0.717, 1.165) is 0 Å². The lowest BCUT2D eigenvalue weighted by Gasteiger charge is -2.03. The summed E-state index contributed by atoms with van der Waals surface area (Å²) in [7, 11) is 0. The Labute approximate surface area is 102 Å². The van der Waals surface area contributed by atoms with Crippen molar-refractivity contribution < 1.29 is 14.6 Å². The number of para-hydroxylation sites is 1. The number of hydrogen-bond donors (Lipinski definition) is 1. The van der Waals surface area contributed by atoms with Gasteiger partial charge in [-0.1, -0.05) is 6.07 Å². The van der Waals surface area contributed by atoms with Gasteiger partial charge in [0.2, 0.25) is 0 Å². The Morgan fingerprint density at radius 2 is 1.94 bits per heavy atom. The van der Waals surface area contributed by atoms with Gasteiger partial charge in [-0.25, -0.2) is 9.97 Å². The Morgan fingerprint density at radius 3 is 2.78 bits per heavy atom. The first-order chi connectivity index (χ1) is 8.78. The Bertz CT molecular complexity index is 756. The van der Waals surface area contributed by atoms with E-state index in [2.05, 4.69) is 9.97 Å². The summed E-state index contributed by atoms with van der Waals surface area (Å²) in [6.45, 7) is 0.363. The van der Waals surface area contributed by atoms with Crippen LogP contribution in [-0.4, -0.2) is 21.5 Å². The predicted octanol–water partition coefficient (Wildman–Crippen LogP) is 2.02. The molecule has 0 saturated carbocycles. The first kappa shape index (κ1) is 10.5. The van der Waals surface area contributed by atoms with E-state index in [0.29, 0.717) is 34.3 Å². The third-order valence-corrected chi connectivity index (χ3v) is 2.60. The van der Waals surface area contributed by atoms with Crippen molar-refractivity contribution in [1.82, 2.24) is 9.97 Å². The van der Waals surface area contributed by atoms with Gasteiger partial charge in [0, 0.05) is 6.07 Å². The highest BCUT2D eigenvalue weighted by molar-refractivity contribution is 5.89. The second-order valence-electron chi connectivity index (χ2n) is 3.73. The molecule has 0 aliphatic carbocycles. The Balaban J connectivity index is 2.31. The van der Waals surface area contributed by atoms with Gasteiger partial charge in [-0.3, -0.25) is 4.79 Å². The average Bonchev–Trinajstić information content (AvgIpc) is 2.38. The number of aromatic nitrogens is 2. The number of benzene rings is 2. The van der Waals surface area contributed by atoms with Gasteiger partial charge in [-0.15, -0.1) is 0 Å². The lowest BCUT2D eigenvalue weighted by atomic mass is 10.2. The van der Waals surface area contributed by atoms with Crippen LogP contribution in [0.5, 0.6) is 11.5 Å². The Hall–Kier alpha value is -2.69. The zero-order valence-electron chi connectivity index (χ0n) is 9.20. The number of aromatic hydroxyl groups is 1. The Kier molecular flexibility index (Phi) is 2.30. The van der Waals surface area contributed by atoms with Crippen LogP contribution in [0.3, 0.4) is 0 Å². The maximum absolute atomic E-state index is 10.3. The number of rotatable bonds is 2. The summed E-state index contributed by atoms with van der Waals surface area (Å²) in [6.07, 6.45) is 0. The summed E-state index contributed by atoms with van der Waals surface area (Å²) in [5, 5.41) is 9.70. The van der Waals surface area contributed by atoms with Gasteiger partial charge in [0.15, 0.2) is 0 Å². The zero-order chi connectivity index (χ0) is 12.5. The summed E-state index contributed by atoms with van der Waals surface area (Å²) >= 11 is 0. The van der Waals surface area contributed by atoms with Gasteiger partial charge >= 0.3 is 0 Å². The third-order valence-electron chi connectivity index (χ3n) is 2.60. The number of nitrogens with zero attached hydrogens (tertiary/aromatic N) is 2. The lowest BCUT2D eigenvalue weighted by Crippen LogP contribution is -1.91. The number of carbonyl (C=O) groups excluding carboxylic acids is 1. The molecule has 5 nitrogen and oxygen atoms in total. The number of fused-ring (bicyclic) bond motifs is 2. The van der Waals surface area contributed by atoms with Crippen molar-refractivity contribution in [3.05, 3.63) is 36.4 Å². The smallest absolute Gasteiger partial charge is 0.298 e. The van der Waals surface area contributed by atoms with Gasteiger partial charge in [0.25, 0.3) is 6.47 Å². The fourth-order valence-corrected chi connectivity index (χ4v) is 1.79. The number of phenolic OH excluding ortho intramolecular Hbond substituents is 1. The highest BCUT2D eigenvalue weighted by atomic mass is 16.5. The molecule has 0 saturated heterocycles. The molecule has 1 heterocycles. The first-order valence-electron chi connectivity index (χ1n) is 5.28. The van der Waals surface area contributed by atoms with Crippen molar-refractivity contribution in [2.45, 2.75) is 0 Å². The van der Waals surface area contributed by atoms with Crippen molar-refractivity contribution in [1.29, 1.82) is 0 Å². The van der Waals surface area contributed by atoms with E-state index in [4.69, 9.17) is 4.74 Å². The summed E-state index contributed by atoms with van der Waals surface area (Å²) in [5.41, 5.74) is 2.27. The van der Waals surface area contributed by atoms with Gasteiger partial charge in [0.1, 0.15) is 17.0 Å². The molecule has 5 heteroatoms. The average molecular weight is 240 g/mol. The third kappa shape index (κ3) is 1.62. The molecule has 3 rings (SSSR count). The van der Waals surface area contributed by atoms with Crippen LogP contribution in [-0.2, 0) is 4.79 Å². The monoisotopic (exact) mass is 240 g/mol. The molecule has 0 atom stereocenters. The molecule has 0 unspecified atom stereocenters. The molecular weight excluding hydrogens is 232 g/mol. The predicted molar refractivity (Wildman–Crippen MR) is 65.4 cm³/mol. The van der Waals surface area contributed by atoms with Crippen molar-refractivity contribution >= 4 is 28.5 Å². The Morgan fingerprint density at radius 1 is 1.06 bits per heavy atom. The van der Waals surface area contributed by atoms with Gasteiger partial charge in [-0.2, -0.15) is 0 Å². The molecule has 88 valence electrons. The normalized spacial score (nSPS) is 10.7. The lowest BCUT2D eigenvalue weighted by molar-refractivity contribution is -0.120. The van der Waals surface area contributed by atoms with Crippen LogP contribution in [0.15, 0.2) is 36.4 Å². The number of phenols is 1. The minimum absolute atomic E-state index is 0.0927. The maximum Gasteiger partial charge on any atom is 0.298 e. The summed E-state index contributed by atoms with van der Waals surface area (Å²) in [6, 6.07) is 9.95. The molecule has 0 spiro atoms. The molecule has 0 bridgehead atoms. The quantitative estimate of drug-likeness (QED) is 0.548. The molecular formula is C13H8N2O3. The van der Waals surface area contributed by atoms with Gasteiger partial charge < -0.3 is 9.84 Å². The zero-order valence-corrected chi connectivity index (χ0v) is 9.20. The van der Waals surface area contributed by atoms with E-state index < -0.39 is 0 Å². The first-order valence-corrected chi connectivity index (χ1v) is 5.28. The minimum Gasteiger partial charge on any atom is -0.506 e. The largest absolute Gasteiger partial charge is 0.506 e. The van der Waals surface area contributed by atoms with E-state index in [9.17, 15) is 9.90 Å². The molecule has 2 aromatic carbocycles. The molecule has 1 N–H and O–H groups in total. The fraction of sp³-hybridized carbons (Fsp3) is 0. The molecule has 0 aliphatic rings. The van der Waals surface area contributed by atoms with E-state index >= 15 is 0 Å². The van der Waals surface area contributed by atoms with Crippen LogP contribution < -0.4 is 4.74 Å². The van der Waals surface area contributed by atoms with Crippen LogP contribution in [0.25, 0.3) is 22.1 Å². The topological polar surface area (TPSA) is 72.3 Å². The van der Waals surface area contributed by atoms with Gasteiger partial charge in [-0.05, 0) is 24.3 Å². The SMILES string of the molecule is O=COc1ccc2nc3c(O)cccc3nc2c1. The van der Waals surface area contributed by atoms with Crippen LogP contribution in [0, 0.1) is 0 Å². The number of carbonyl (C=O) groups is 1. The standard InChI is InChI=1S/C13H8N2O3/c16-7-18-8-4-5-9-11(6-8)14-10-2-1-3-12(17)13(10)15-9/h1-7,17H. The van der Waals surface area contributed by atoms with Crippen LogP contribution >= 0.6 is 0 Å². The van der Waals surface area contributed by atoms with Crippen LogP contribution in [0.4, 0.5) is 0 Å². The number of hydrogen-bond acceptors (Lipinski definition) is 5. The van der Waals surface area contributed by atoms with Crippen molar-refractivity contribution in [3.8, 4) is 11.5 Å². The second kappa shape index (κ2) is 3.96. The summed E-state index contributed by atoms with van der Waals surface area (Å²) in [5.74, 6) is 0.501. The maximum atomic E-state index is 10.3. The molecule has 0 aliphatic heterocycles. The number of ether oxygens (including phenoxy) is 1. The van der Waals surface area contributed by atoms with E-state index in [1.807, 2.05) is 0 Å². The van der Waals surface area contributed by atoms with Crippen molar-refractivity contribution in [3.63, 3.8) is 0 Å². The second-order valence-corrected chi connectivity index (χ2v) is 3.73. The molecule has 18 heavy (non-hydrogen) atoms. The van der Waals surface area contributed by atoms with Crippen LogP contribution in [0.2, 0.25) is 0 Å². The minimum atomic E-state index is 0.0927. The van der Waals surface area contributed by atoms with Crippen molar-refractivity contribution in [2.75, 3.05) is 0 Å². The molecule has 0 radical (unpaired) electrons. The summed E-state index contributed by atoms with van der Waals surface area (Å²) < 4.78 is 4.75. The fourth-order valence-electron chi connectivity index (χ4n) is 1.79. The summed E-state index contributed by atoms with van der Waals surface area (Å²) in [4.78, 5) is 19.0. The van der Waals surface area contributed by atoms with E-state index in [-0.39, 0.29) is 5.75 Å². The van der Waals surface area contributed by atoms with E-state index in [1.54, 1.807) is 36.4 Å². The molecule has 0 amide bonds. The van der Waals surface area contributed by atoms with Crippen molar-refractivity contribution in [2.24, 2.45) is 0 Å². The van der Waals surface area contributed by atoms with Gasteiger partial charge in [0.05, 0.1) is 16.6 Å². The van der Waals surface area contributed by atoms with Crippen LogP contribution in [0.1, 0.15) is 0 Å². The highest BCUT2D eigenvalue weighted by Crippen LogP contribution is 2.25. The van der Waals surface area contributed by atoms with E-state index in [1.165, 1.54) is 0 Å².